The van der Waals surface area contributed by atoms with Gasteiger partial charge in [-0.25, -0.2) is 0 Å². The van der Waals surface area contributed by atoms with Crippen LogP contribution in [0.4, 0.5) is 5.69 Å². The smallest absolute Gasteiger partial charge is 0.228 e. The first-order chi connectivity index (χ1) is 9.60. The Balaban J connectivity index is 2.09. The van der Waals surface area contributed by atoms with Crippen LogP contribution in [-0.2, 0) is 17.8 Å². The Kier molecular flexibility index (Phi) is 4.95. The number of pyridine rings is 1. The Labute approximate surface area is 126 Å². The molecular weight excluding hydrogens is 299 g/mol. The predicted octanol–water partition coefficient (Wildman–Crippen LogP) is 3.06. The van der Waals surface area contributed by atoms with Crippen LogP contribution in [0.15, 0.2) is 36.7 Å². The van der Waals surface area contributed by atoms with E-state index in [0.29, 0.717) is 26.9 Å². The Morgan fingerprint density at radius 1 is 1.25 bits per heavy atom. The van der Waals surface area contributed by atoms with Crippen molar-refractivity contribution >= 4 is 34.8 Å². The third-order valence-electron chi connectivity index (χ3n) is 2.72. The van der Waals surface area contributed by atoms with E-state index in [-0.39, 0.29) is 18.9 Å². The summed E-state index contributed by atoms with van der Waals surface area (Å²) in [5, 5.41) is 12.8. The number of hydrogen-bond donors (Lipinski definition) is 2. The first-order valence-electron chi connectivity index (χ1n) is 5.87. The molecular formula is C14H12Cl2N2O2. The standard InChI is InChI=1S/C14H12Cl2N2O2/c15-11-2-1-9(12(16)6-11)5-14(20)18-13-7-17-4-3-10(13)8-19/h1-4,6-7,19H,5,8H2,(H,18,20). The van der Waals surface area contributed by atoms with E-state index in [1.807, 2.05) is 0 Å². The summed E-state index contributed by atoms with van der Waals surface area (Å²) < 4.78 is 0. The molecule has 0 aliphatic heterocycles. The number of rotatable bonds is 4. The number of nitrogens with zero attached hydrogens (tertiary/aromatic N) is 1. The van der Waals surface area contributed by atoms with Crippen LogP contribution in [0.5, 0.6) is 0 Å². The van der Waals surface area contributed by atoms with Crippen molar-refractivity contribution in [1.29, 1.82) is 0 Å². The average Bonchev–Trinajstić information content (AvgIpc) is 2.42. The van der Waals surface area contributed by atoms with Gasteiger partial charge >= 0.3 is 0 Å². The molecule has 2 rings (SSSR count). The van der Waals surface area contributed by atoms with Gasteiger partial charge in [0.05, 0.1) is 24.9 Å². The van der Waals surface area contributed by atoms with Crippen LogP contribution in [-0.4, -0.2) is 16.0 Å². The molecule has 1 aromatic heterocycles. The summed E-state index contributed by atoms with van der Waals surface area (Å²) in [6, 6.07) is 6.62. The van der Waals surface area contributed by atoms with Gasteiger partial charge in [0, 0.05) is 21.8 Å². The topological polar surface area (TPSA) is 62.2 Å². The second-order valence-electron chi connectivity index (χ2n) is 4.15. The number of aromatic nitrogens is 1. The van der Waals surface area contributed by atoms with Gasteiger partial charge in [0.1, 0.15) is 0 Å². The SMILES string of the molecule is O=C(Cc1ccc(Cl)cc1Cl)Nc1cnccc1CO. The first-order valence-corrected chi connectivity index (χ1v) is 6.63. The number of carbonyl (C=O) groups is 1. The second-order valence-corrected chi connectivity index (χ2v) is 5.00. The highest BCUT2D eigenvalue weighted by Gasteiger charge is 2.10. The zero-order chi connectivity index (χ0) is 14.5. The number of amides is 1. The minimum atomic E-state index is -0.239. The highest BCUT2D eigenvalue weighted by atomic mass is 35.5. The maximum absolute atomic E-state index is 12.0. The molecule has 1 heterocycles. The Hall–Kier alpha value is -1.62. The van der Waals surface area contributed by atoms with E-state index < -0.39 is 0 Å². The summed E-state index contributed by atoms with van der Waals surface area (Å²) >= 11 is 11.8. The molecule has 104 valence electrons. The molecule has 4 nitrogen and oxygen atoms in total. The van der Waals surface area contributed by atoms with Crippen molar-refractivity contribution in [3.05, 3.63) is 57.8 Å². The van der Waals surface area contributed by atoms with E-state index in [1.54, 1.807) is 30.5 Å². The second kappa shape index (κ2) is 6.70. The lowest BCUT2D eigenvalue weighted by Crippen LogP contribution is -2.16. The number of aliphatic hydroxyl groups excluding tert-OH is 1. The van der Waals surface area contributed by atoms with Crippen LogP contribution in [0.2, 0.25) is 10.0 Å². The molecule has 0 radical (unpaired) electrons. The predicted molar refractivity (Wildman–Crippen MR) is 79.0 cm³/mol. The highest BCUT2D eigenvalue weighted by Crippen LogP contribution is 2.22. The molecule has 0 saturated carbocycles. The van der Waals surface area contributed by atoms with E-state index in [4.69, 9.17) is 23.2 Å². The van der Waals surface area contributed by atoms with Crippen molar-refractivity contribution in [2.24, 2.45) is 0 Å². The molecule has 0 unspecified atom stereocenters. The van der Waals surface area contributed by atoms with Crippen LogP contribution in [0.3, 0.4) is 0 Å². The van der Waals surface area contributed by atoms with Gasteiger partial charge in [0.2, 0.25) is 5.91 Å². The summed E-state index contributed by atoms with van der Waals surface area (Å²) in [6.07, 6.45) is 3.17. The number of benzene rings is 1. The zero-order valence-electron chi connectivity index (χ0n) is 10.4. The third-order valence-corrected chi connectivity index (χ3v) is 3.31. The van der Waals surface area contributed by atoms with E-state index in [0.717, 1.165) is 0 Å². The number of aliphatic hydroxyl groups is 1. The summed E-state index contributed by atoms with van der Waals surface area (Å²) in [5.74, 6) is -0.239. The number of anilines is 1. The molecule has 0 saturated heterocycles. The molecule has 0 atom stereocenters. The lowest BCUT2D eigenvalue weighted by Gasteiger charge is -2.09. The van der Waals surface area contributed by atoms with Crippen molar-refractivity contribution in [2.75, 3.05) is 5.32 Å². The fraction of sp³-hybridized carbons (Fsp3) is 0.143. The normalized spacial score (nSPS) is 10.3. The van der Waals surface area contributed by atoms with Crippen molar-refractivity contribution < 1.29 is 9.90 Å². The largest absolute Gasteiger partial charge is 0.392 e. The molecule has 0 aliphatic rings. The molecule has 2 aromatic rings. The molecule has 0 spiro atoms. The van der Waals surface area contributed by atoms with Crippen LogP contribution >= 0.6 is 23.2 Å². The number of carbonyl (C=O) groups excluding carboxylic acids is 1. The summed E-state index contributed by atoms with van der Waals surface area (Å²) in [4.78, 5) is 15.9. The van der Waals surface area contributed by atoms with Crippen LogP contribution < -0.4 is 5.32 Å². The van der Waals surface area contributed by atoms with Gasteiger partial charge in [-0.3, -0.25) is 9.78 Å². The lowest BCUT2D eigenvalue weighted by atomic mass is 10.1. The summed E-state index contributed by atoms with van der Waals surface area (Å²) in [7, 11) is 0. The molecule has 2 N–H and O–H groups in total. The van der Waals surface area contributed by atoms with Crippen LogP contribution in [0, 0.1) is 0 Å². The lowest BCUT2D eigenvalue weighted by molar-refractivity contribution is -0.115. The molecule has 20 heavy (non-hydrogen) atoms. The van der Waals surface area contributed by atoms with Crippen molar-refractivity contribution in [3.63, 3.8) is 0 Å². The minimum Gasteiger partial charge on any atom is -0.392 e. The van der Waals surface area contributed by atoms with Crippen molar-refractivity contribution in [2.45, 2.75) is 13.0 Å². The zero-order valence-corrected chi connectivity index (χ0v) is 11.9. The van der Waals surface area contributed by atoms with Gasteiger partial charge in [-0.1, -0.05) is 29.3 Å². The van der Waals surface area contributed by atoms with Gasteiger partial charge in [-0.2, -0.15) is 0 Å². The van der Waals surface area contributed by atoms with Gasteiger partial charge < -0.3 is 10.4 Å². The Morgan fingerprint density at radius 2 is 2.05 bits per heavy atom. The molecule has 0 fully saturated rings. The first kappa shape index (κ1) is 14.8. The van der Waals surface area contributed by atoms with Crippen LogP contribution in [0.1, 0.15) is 11.1 Å². The van der Waals surface area contributed by atoms with Gasteiger partial charge in [0.25, 0.3) is 0 Å². The molecule has 0 bridgehead atoms. The maximum atomic E-state index is 12.0. The van der Waals surface area contributed by atoms with E-state index in [2.05, 4.69) is 10.3 Å². The van der Waals surface area contributed by atoms with E-state index in [9.17, 15) is 9.90 Å². The Bertz CT molecular complexity index is 632. The Morgan fingerprint density at radius 3 is 2.75 bits per heavy atom. The van der Waals surface area contributed by atoms with Gasteiger partial charge in [-0.05, 0) is 23.8 Å². The summed E-state index contributed by atoms with van der Waals surface area (Å²) in [6.45, 7) is -0.167. The number of nitrogens with one attached hydrogen (secondary N) is 1. The fourth-order valence-corrected chi connectivity index (χ4v) is 2.18. The summed E-state index contributed by atoms with van der Waals surface area (Å²) in [5.41, 5.74) is 1.78. The quantitative estimate of drug-likeness (QED) is 0.912. The average molecular weight is 311 g/mol. The molecule has 0 aliphatic carbocycles. The maximum Gasteiger partial charge on any atom is 0.228 e. The van der Waals surface area contributed by atoms with E-state index in [1.165, 1.54) is 6.20 Å². The molecule has 1 aromatic carbocycles. The monoisotopic (exact) mass is 310 g/mol. The minimum absolute atomic E-state index is 0.121. The fourth-order valence-electron chi connectivity index (χ4n) is 1.71. The van der Waals surface area contributed by atoms with E-state index >= 15 is 0 Å². The van der Waals surface area contributed by atoms with Crippen LogP contribution in [0.25, 0.3) is 0 Å². The molecule has 6 heteroatoms. The van der Waals surface area contributed by atoms with Gasteiger partial charge in [0.15, 0.2) is 0 Å². The third kappa shape index (κ3) is 3.70. The number of halogens is 2. The molecule has 1 amide bonds. The number of hydrogen-bond acceptors (Lipinski definition) is 3. The highest BCUT2D eigenvalue weighted by molar-refractivity contribution is 6.35. The van der Waals surface area contributed by atoms with Crippen molar-refractivity contribution in [3.8, 4) is 0 Å². The van der Waals surface area contributed by atoms with Crippen molar-refractivity contribution in [1.82, 2.24) is 4.98 Å². The van der Waals surface area contributed by atoms with Gasteiger partial charge in [-0.15, -0.1) is 0 Å².